The summed E-state index contributed by atoms with van der Waals surface area (Å²) >= 11 is 0.608. The maximum atomic E-state index is 4.84. The van der Waals surface area contributed by atoms with Crippen molar-refractivity contribution in [2.24, 2.45) is 0 Å². The van der Waals surface area contributed by atoms with Crippen molar-refractivity contribution in [3.8, 4) is 33.5 Å². The van der Waals surface area contributed by atoms with E-state index in [0.717, 1.165) is 15.7 Å². The van der Waals surface area contributed by atoms with Crippen LogP contribution in [0.4, 0.5) is 0 Å². The first-order chi connectivity index (χ1) is 23.6. The largest absolute Gasteiger partial charge is 0.256 e. The molecule has 0 atom stereocenters. The van der Waals surface area contributed by atoms with Crippen LogP contribution < -0.4 is 3.71 Å². The molecular formula is C47H57BrN2Sn. The maximum absolute atomic E-state index is 4.84. The number of aromatic nitrogens is 2. The summed E-state index contributed by atoms with van der Waals surface area (Å²) in [4.78, 5) is 9.23. The number of rotatable bonds is 4. The molecule has 0 aliphatic carbocycles. The molecule has 2 nitrogen and oxygen atoms in total. The third kappa shape index (κ3) is 10.5. The molecule has 6 aromatic rings. The molecule has 0 unspecified atom stereocenters. The summed E-state index contributed by atoms with van der Waals surface area (Å²) in [6.45, 7) is 21.9. The third-order valence-electron chi connectivity index (χ3n) is 9.29. The molecular weight excluding hydrogens is 791 g/mol. The second-order valence-corrected chi connectivity index (χ2v) is 35.3. The molecule has 0 fully saturated rings. The molecule has 0 radical (unpaired) electrons. The van der Waals surface area contributed by atoms with Gasteiger partial charge in [0.15, 0.2) is 0 Å². The van der Waals surface area contributed by atoms with Crippen LogP contribution in [0.5, 0.6) is 0 Å². The van der Waals surface area contributed by atoms with Gasteiger partial charge in [0, 0.05) is 16.2 Å². The topological polar surface area (TPSA) is 25.8 Å². The van der Waals surface area contributed by atoms with E-state index in [1.807, 2.05) is 60.9 Å². The Morgan fingerprint density at radius 3 is 1.25 bits per heavy atom. The second-order valence-electron chi connectivity index (χ2n) is 15.8. The van der Waals surface area contributed by atoms with E-state index < -0.39 is 18.4 Å². The quantitative estimate of drug-likeness (QED) is 0.165. The monoisotopic (exact) mass is 848 g/mol. The van der Waals surface area contributed by atoms with Crippen molar-refractivity contribution < 1.29 is 0 Å². The van der Waals surface area contributed by atoms with Gasteiger partial charge in [0.2, 0.25) is 0 Å². The summed E-state index contributed by atoms with van der Waals surface area (Å²) in [7, 11) is 0. The average molecular weight is 849 g/mol. The summed E-state index contributed by atoms with van der Waals surface area (Å²) in [6.07, 6.45) is 3.80. The predicted molar refractivity (Wildman–Crippen MR) is 230 cm³/mol. The molecule has 2 heterocycles. The fourth-order valence-corrected chi connectivity index (χ4v) is 36.4. The second kappa shape index (κ2) is 18.3. The van der Waals surface area contributed by atoms with Crippen LogP contribution in [0.25, 0.3) is 33.5 Å². The molecule has 0 aliphatic rings. The molecule has 51 heavy (non-hydrogen) atoms. The van der Waals surface area contributed by atoms with Crippen molar-refractivity contribution in [1.82, 2.24) is 9.97 Å². The van der Waals surface area contributed by atoms with Gasteiger partial charge in [-0.25, -0.2) is 0 Å². The van der Waals surface area contributed by atoms with Crippen molar-refractivity contribution >= 4 is 38.0 Å². The van der Waals surface area contributed by atoms with E-state index in [1.54, 1.807) is 0 Å². The van der Waals surface area contributed by atoms with Gasteiger partial charge in [0.1, 0.15) is 0 Å². The predicted octanol–water partition coefficient (Wildman–Crippen LogP) is 14.3. The average Bonchev–Trinajstić information content (AvgIpc) is 3.09. The Morgan fingerprint density at radius 2 is 0.824 bits per heavy atom. The smallest absolute Gasteiger partial charge is 0.0702 e. The summed E-state index contributed by atoms with van der Waals surface area (Å²) in [5.41, 5.74) is 7.11. The Labute approximate surface area is 321 Å². The Hall–Kier alpha value is -3.54. The first-order valence-corrected chi connectivity index (χ1v) is 23.9. The van der Waals surface area contributed by atoms with Gasteiger partial charge in [-0.1, -0.05) is 120 Å². The molecule has 0 bridgehead atoms. The maximum Gasteiger partial charge on any atom is 0.0702 e. The van der Waals surface area contributed by atoms with Crippen molar-refractivity contribution in [2.75, 3.05) is 0 Å². The Bertz CT molecular complexity index is 1800. The van der Waals surface area contributed by atoms with Gasteiger partial charge in [-0.2, -0.15) is 0 Å². The van der Waals surface area contributed by atoms with Gasteiger partial charge < -0.3 is 0 Å². The number of pyridine rings is 2. The standard InChI is InChI=1S/C17H13N.C12H9Br.C5H4N.3C4H9.CH4.Sn/c1-2-7-14(8-3-1)15-9-6-10-16(13-15)17-11-4-5-12-18-17;13-12-8-4-7-11(9-12)10-5-2-1-3-6-10;1-2-4-6-5-3-1;3*1-4(2)3;;/h1-13H;1-9H;1-4H;3*1-3H3;1H4;. The molecule has 0 saturated heterocycles. The molecule has 0 N–H and O–H groups in total. The van der Waals surface area contributed by atoms with Crippen LogP contribution in [-0.4, -0.2) is 28.3 Å². The summed E-state index contributed by atoms with van der Waals surface area (Å²) < 4.78 is 3.54. The summed E-state index contributed by atoms with van der Waals surface area (Å²) in [6, 6.07) is 50.0. The van der Waals surface area contributed by atoms with Gasteiger partial charge >= 0.3 is 124 Å². The Balaban J connectivity index is 0.000000208. The zero-order valence-corrected chi connectivity index (χ0v) is 35.7. The van der Waals surface area contributed by atoms with E-state index in [1.165, 1.54) is 26.0 Å². The molecule has 0 spiro atoms. The van der Waals surface area contributed by atoms with Gasteiger partial charge in [0.05, 0.1) is 5.69 Å². The molecule has 4 aromatic carbocycles. The molecule has 0 saturated carbocycles. The van der Waals surface area contributed by atoms with Crippen molar-refractivity contribution in [3.63, 3.8) is 0 Å². The fraction of sp³-hybridized carbons (Fsp3) is 0.277. The molecule has 6 rings (SSSR count). The number of nitrogens with zero attached hydrogens (tertiary/aromatic N) is 2. The number of hydrogen-bond acceptors (Lipinski definition) is 2. The van der Waals surface area contributed by atoms with E-state index in [2.05, 4.69) is 180 Å². The van der Waals surface area contributed by atoms with Crippen LogP contribution in [0.1, 0.15) is 69.7 Å². The van der Waals surface area contributed by atoms with Crippen LogP contribution in [0, 0.1) is 0 Å². The van der Waals surface area contributed by atoms with Crippen molar-refractivity contribution in [1.29, 1.82) is 0 Å². The third-order valence-corrected chi connectivity index (χ3v) is 32.1. The number of hydrogen-bond donors (Lipinski definition) is 0. The SMILES string of the molecule is Brc1cccc(-c2ccccc2)c1.C.C[C](C)(C)[Sn]([c]1ccccn1)([C](C)(C)C)[C](C)(C)C.c1ccc(-c2cccc(-c3ccccn3)c2)cc1. The molecule has 4 heteroatoms. The first-order valence-electron chi connectivity index (χ1n) is 17.4. The molecule has 266 valence electrons. The molecule has 2 aromatic heterocycles. The van der Waals surface area contributed by atoms with Crippen LogP contribution in [0.2, 0.25) is 10.3 Å². The minimum atomic E-state index is -2.85. The minimum absolute atomic E-state index is 0. The molecule has 0 amide bonds. The van der Waals surface area contributed by atoms with Crippen LogP contribution in [0.3, 0.4) is 0 Å². The van der Waals surface area contributed by atoms with E-state index in [0.29, 0.717) is 10.3 Å². The van der Waals surface area contributed by atoms with Crippen molar-refractivity contribution in [2.45, 2.75) is 80.0 Å². The van der Waals surface area contributed by atoms with Crippen LogP contribution in [0.15, 0.2) is 162 Å². The van der Waals surface area contributed by atoms with E-state index in [9.17, 15) is 0 Å². The van der Waals surface area contributed by atoms with Gasteiger partial charge in [-0.3, -0.25) is 4.98 Å². The minimum Gasteiger partial charge on any atom is -0.256 e. The summed E-state index contributed by atoms with van der Waals surface area (Å²) in [5, 5.41) is 0. The van der Waals surface area contributed by atoms with Gasteiger partial charge in [0.25, 0.3) is 0 Å². The fourth-order valence-electron chi connectivity index (χ4n) is 8.43. The van der Waals surface area contributed by atoms with Gasteiger partial charge in [-0.15, -0.1) is 0 Å². The number of halogens is 1. The first kappa shape index (κ1) is 41.9. The van der Waals surface area contributed by atoms with Crippen LogP contribution in [-0.2, 0) is 0 Å². The zero-order valence-electron chi connectivity index (χ0n) is 31.3. The Kier molecular flexibility index (Phi) is 15.0. The van der Waals surface area contributed by atoms with E-state index in [-0.39, 0.29) is 7.43 Å². The normalized spacial score (nSPS) is 11.6. The van der Waals surface area contributed by atoms with Crippen LogP contribution >= 0.6 is 15.9 Å². The van der Waals surface area contributed by atoms with Crippen molar-refractivity contribution in [3.05, 3.63) is 162 Å². The van der Waals surface area contributed by atoms with E-state index in [4.69, 9.17) is 4.98 Å². The number of benzene rings is 4. The Morgan fingerprint density at radius 1 is 0.412 bits per heavy atom. The summed E-state index contributed by atoms with van der Waals surface area (Å²) in [5.74, 6) is 0. The molecule has 0 aliphatic heterocycles. The van der Waals surface area contributed by atoms with Gasteiger partial charge in [-0.05, 0) is 52.6 Å². The van der Waals surface area contributed by atoms with E-state index >= 15 is 0 Å². The zero-order chi connectivity index (χ0) is 36.4.